The minimum absolute atomic E-state index is 0.0637. The number of anilines is 1. The molecule has 156 valence electrons. The van der Waals surface area contributed by atoms with Crippen LogP contribution in [-0.2, 0) is 11.3 Å². The second-order valence-electron chi connectivity index (χ2n) is 7.67. The third-order valence-corrected chi connectivity index (χ3v) is 5.27. The summed E-state index contributed by atoms with van der Waals surface area (Å²) in [5.74, 6) is -0.373. The number of H-pyrrole nitrogens is 1. The van der Waals surface area contributed by atoms with Gasteiger partial charge in [0.1, 0.15) is 5.82 Å². The molecule has 1 aromatic heterocycles. The van der Waals surface area contributed by atoms with E-state index in [0.29, 0.717) is 24.4 Å². The first-order chi connectivity index (χ1) is 14.5. The number of carbonyl (C=O) groups excluding carboxylic acids is 1. The molecule has 1 unspecified atom stereocenters. The van der Waals surface area contributed by atoms with Crippen molar-refractivity contribution in [2.24, 2.45) is 0 Å². The maximum Gasteiger partial charge on any atom is 0.322 e. The highest BCUT2D eigenvalue weighted by Crippen LogP contribution is 2.18. The zero-order valence-corrected chi connectivity index (χ0v) is 16.8. The van der Waals surface area contributed by atoms with E-state index in [2.05, 4.69) is 10.3 Å². The summed E-state index contributed by atoms with van der Waals surface area (Å²) < 4.78 is 18.9. The number of benzene rings is 2. The molecule has 6 nitrogen and oxygen atoms in total. The molecule has 2 N–H and O–H groups in total. The average molecular weight is 409 g/mol. The Balaban J connectivity index is 1.58. The number of ether oxygens (including phenoxy) is 1. The summed E-state index contributed by atoms with van der Waals surface area (Å²) in [7, 11) is 0. The summed E-state index contributed by atoms with van der Waals surface area (Å²) in [6.07, 6.45) is 1.76. The van der Waals surface area contributed by atoms with Gasteiger partial charge in [0.25, 0.3) is 5.56 Å². The molecule has 0 bridgehead atoms. The van der Waals surface area contributed by atoms with Gasteiger partial charge >= 0.3 is 6.03 Å². The van der Waals surface area contributed by atoms with E-state index in [1.807, 2.05) is 31.2 Å². The topological polar surface area (TPSA) is 74.4 Å². The van der Waals surface area contributed by atoms with Gasteiger partial charge < -0.3 is 19.9 Å². The number of halogens is 1. The quantitative estimate of drug-likeness (QED) is 0.664. The minimum Gasteiger partial charge on any atom is -0.376 e. The molecule has 1 fully saturated rings. The van der Waals surface area contributed by atoms with E-state index in [0.717, 1.165) is 29.3 Å². The van der Waals surface area contributed by atoms with Gasteiger partial charge in [-0.2, -0.15) is 0 Å². The Hall–Kier alpha value is -3.19. The van der Waals surface area contributed by atoms with Crippen LogP contribution in [0.1, 0.15) is 24.0 Å². The molecule has 0 spiro atoms. The van der Waals surface area contributed by atoms with Crippen LogP contribution >= 0.6 is 0 Å². The maximum absolute atomic E-state index is 13.2. The number of carbonyl (C=O) groups is 1. The van der Waals surface area contributed by atoms with E-state index < -0.39 is 0 Å². The van der Waals surface area contributed by atoms with Gasteiger partial charge in [-0.25, -0.2) is 9.18 Å². The summed E-state index contributed by atoms with van der Waals surface area (Å²) in [5.41, 5.74) is 2.59. The molecule has 1 aliphatic heterocycles. The number of pyridine rings is 1. The zero-order chi connectivity index (χ0) is 21.1. The number of aromatic nitrogens is 1. The number of nitrogens with zero attached hydrogens (tertiary/aromatic N) is 1. The highest BCUT2D eigenvalue weighted by molar-refractivity contribution is 5.89. The Kier molecular flexibility index (Phi) is 5.81. The van der Waals surface area contributed by atoms with Gasteiger partial charge in [-0.15, -0.1) is 0 Å². The molecule has 1 saturated heterocycles. The van der Waals surface area contributed by atoms with Crippen LogP contribution in [0.25, 0.3) is 10.9 Å². The molecule has 2 amide bonds. The summed E-state index contributed by atoms with van der Waals surface area (Å²) in [5, 5.41) is 3.69. The van der Waals surface area contributed by atoms with E-state index in [9.17, 15) is 14.0 Å². The van der Waals surface area contributed by atoms with Gasteiger partial charge in [0.15, 0.2) is 0 Å². The van der Waals surface area contributed by atoms with Crippen molar-refractivity contribution >= 4 is 22.6 Å². The van der Waals surface area contributed by atoms with Crippen LogP contribution < -0.4 is 10.9 Å². The summed E-state index contributed by atoms with van der Waals surface area (Å²) in [6.45, 7) is 3.16. The van der Waals surface area contributed by atoms with Crippen LogP contribution in [0, 0.1) is 12.7 Å². The number of amides is 2. The van der Waals surface area contributed by atoms with E-state index in [1.165, 1.54) is 24.3 Å². The number of rotatable bonds is 5. The number of aromatic amines is 1. The standard InChI is InChI=1S/C23H24FN3O3/c1-15-4-5-16-12-17(22(28)26-21(16)11-15)13-27(14-20-3-2-10-30-20)23(29)25-19-8-6-18(24)7-9-19/h4-9,11-12,20H,2-3,10,13-14H2,1H3,(H,25,29)(H,26,28). The highest BCUT2D eigenvalue weighted by atomic mass is 19.1. The van der Waals surface area contributed by atoms with Gasteiger partial charge in [0, 0.05) is 29.9 Å². The number of hydrogen-bond donors (Lipinski definition) is 2. The first kappa shape index (κ1) is 20.1. The van der Waals surface area contributed by atoms with Gasteiger partial charge in [-0.3, -0.25) is 4.79 Å². The van der Waals surface area contributed by atoms with E-state index in [1.54, 1.807) is 4.90 Å². The summed E-state index contributed by atoms with van der Waals surface area (Å²) >= 11 is 0. The van der Waals surface area contributed by atoms with Crippen LogP contribution in [0.3, 0.4) is 0 Å². The fourth-order valence-corrected chi connectivity index (χ4v) is 3.67. The molecule has 0 saturated carbocycles. The number of hydrogen-bond acceptors (Lipinski definition) is 3. The molecule has 7 heteroatoms. The van der Waals surface area contributed by atoms with E-state index >= 15 is 0 Å². The Labute approximate surface area is 173 Å². The van der Waals surface area contributed by atoms with E-state index in [-0.39, 0.29) is 30.1 Å². The van der Waals surface area contributed by atoms with Crippen LogP contribution in [0.5, 0.6) is 0 Å². The van der Waals surface area contributed by atoms with Crippen molar-refractivity contribution in [2.45, 2.75) is 32.4 Å². The molecular formula is C23H24FN3O3. The number of nitrogens with one attached hydrogen (secondary N) is 2. The SMILES string of the molecule is Cc1ccc2cc(CN(CC3CCCO3)C(=O)Nc3ccc(F)cc3)c(=O)[nH]c2c1. The maximum atomic E-state index is 13.2. The molecule has 2 aromatic carbocycles. The second kappa shape index (κ2) is 8.67. The first-order valence-electron chi connectivity index (χ1n) is 10.0. The second-order valence-corrected chi connectivity index (χ2v) is 7.67. The largest absolute Gasteiger partial charge is 0.376 e. The molecule has 1 aliphatic rings. The van der Waals surface area contributed by atoms with Crippen LogP contribution in [0.2, 0.25) is 0 Å². The Morgan fingerprint density at radius 3 is 2.77 bits per heavy atom. The smallest absolute Gasteiger partial charge is 0.322 e. The van der Waals surface area contributed by atoms with Gasteiger partial charge in [-0.05, 0) is 67.1 Å². The van der Waals surface area contributed by atoms with Crippen LogP contribution in [-0.4, -0.2) is 35.2 Å². The molecule has 3 aromatic rings. The zero-order valence-electron chi connectivity index (χ0n) is 16.8. The number of aryl methyl sites for hydroxylation is 1. The number of fused-ring (bicyclic) bond motifs is 1. The van der Waals surface area contributed by atoms with Crippen molar-refractivity contribution < 1.29 is 13.9 Å². The van der Waals surface area contributed by atoms with Crippen molar-refractivity contribution in [3.05, 3.63) is 75.8 Å². The Bertz CT molecular complexity index is 1100. The first-order valence-corrected chi connectivity index (χ1v) is 10.0. The van der Waals surface area contributed by atoms with Crippen LogP contribution in [0.15, 0.2) is 53.3 Å². The molecule has 0 radical (unpaired) electrons. The molecule has 2 heterocycles. The fraction of sp³-hybridized carbons (Fsp3) is 0.304. The average Bonchev–Trinajstić information content (AvgIpc) is 3.23. The Morgan fingerprint density at radius 2 is 2.03 bits per heavy atom. The molecular weight excluding hydrogens is 385 g/mol. The lowest BCUT2D eigenvalue weighted by Gasteiger charge is -2.25. The normalized spacial score (nSPS) is 16.0. The van der Waals surface area contributed by atoms with Crippen molar-refractivity contribution in [1.82, 2.24) is 9.88 Å². The molecule has 0 aliphatic carbocycles. The predicted molar refractivity (Wildman–Crippen MR) is 114 cm³/mol. The molecule has 1 atom stereocenters. The molecule has 30 heavy (non-hydrogen) atoms. The lowest BCUT2D eigenvalue weighted by Crippen LogP contribution is -2.40. The summed E-state index contributed by atoms with van der Waals surface area (Å²) in [6, 6.07) is 12.9. The molecule has 4 rings (SSSR count). The van der Waals surface area contributed by atoms with Gasteiger partial charge in [-0.1, -0.05) is 12.1 Å². The van der Waals surface area contributed by atoms with Crippen molar-refractivity contribution in [3.63, 3.8) is 0 Å². The monoisotopic (exact) mass is 409 g/mol. The predicted octanol–water partition coefficient (Wildman–Crippen LogP) is 4.19. The van der Waals surface area contributed by atoms with Crippen LogP contribution in [0.4, 0.5) is 14.9 Å². The van der Waals surface area contributed by atoms with Gasteiger partial charge in [0.05, 0.1) is 12.6 Å². The minimum atomic E-state index is -0.373. The summed E-state index contributed by atoms with van der Waals surface area (Å²) in [4.78, 5) is 30.1. The lowest BCUT2D eigenvalue weighted by molar-refractivity contribution is 0.0818. The third-order valence-electron chi connectivity index (χ3n) is 5.27. The number of urea groups is 1. The van der Waals surface area contributed by atoms with Gasteiger partial charge in [0.2, 0.25) is 0 Å². The Morgan fingerprint density at radius 1 is 1.23 bits per heavy atom. The van der Waals surface area contributed by atoms with Crippen molar-refractivity contribution in [2.75, 3.05) is 18.5 Å². The third kappa shape index (κ3) is 4.68. The lowest BCUT2D eigenvalue weighted by atomic mass is 10.1. The fourth-order valence-electron chi connectivity index (χ4n) is 3.67. The van der Waals surface area contributed by atoms with Crippen molar-refractivity contribution in [1.29, 1.82) is 0 Å². The highest BCUT2D eigenvalue weighted by Gasteiger charge is 2.24. The van der Waals surface area contributed by atoms with Crippen molar-refractivity contribution in [3.8, 4) is 0 Å². The van der Waals surface area contributed by atoms with E-state index in [4.69, 9.17) is 4.74 Å².